The Bertz CT molecular complexity index is 730. The number of halogens is 1. The Kier molecular flexibility index (Phi) is 8.60. The van der Waals surface area contributed by atoms with Crippen LogP contribution >= 0.6 is 15.9 Å². The predicted octanol–water partition coefficient (Wildman–Crippen LogP) is 2.81. The predicted molar refractivity (Wildman–Crippen MR) is 111 cm³/mol. The fourth-order valence-corrected chi connectivity index (χ4v) is 3.07. The van der Waals surface area contributed by atoms with Crippen LogP contribution in [0.15, 0.2) is 40.1 Å². The van der Waals surface area contributed by atoms with E-state index in [1.807, 2.05) is 26.2 Å². The number of guanidine groups is 1. The van der Waals surface area contributed by atoms with Gasteiger partial charge in [0.1, 0.15) is 6.61 Å². The number of nitrogens with one attached hydrogen (secondary N) is 1. The number of aromatic nitrogens is 2. The third-order valence-corrected chi connectivity index (χ3v) is 4.35. The maximum atomic E-state index is 5.48. The summed E-state index contributed by atoms with van der Waals surface area (Å²) in [7, 11) is 5.72. The highest BCUT2D eigenvalue weighted by Crippen LogP contribution is 2.15. The van der Waals surface area contributed by atoms with Crippen molar-refractivity contribution >= 4 is 21.9 Å². The van der Waals surface area contributed by atoms with Crippen molar-refractivity contribution in [1.82, 2.24) is 19.8 Å². The van der Waals surface area contributed by atoms with Crippen molar-refractivity contribution < 1.29 is 9.47 Å². The topological polar surface area (TPSA) is 63.9 Å². The maximum Gasteiger partial charge on any atom is 0.213 e. The van der Waals surface area contributed by atoms with Crippen LogP contribution in [0.1, 0.15) is 18.2 Å². The Hall–Kier alpha value is -2.06. The van der Waals surface area contributed by atoms with E-state index in [0.29, 0.717) is 25.6 Å². The molecule has 0 aliphatic heterocycles. The summed E-state index contributed by atoms with van der Waals surface area (Å²) in [5, 5.41) is 3.34. The molecular formula is C19H28BrN5O2. The molecule has 7 nitrogen and oxygen atoms in total. The number of ether oxygens (including phenoxy) is 2. The van der Waals surface area contributed by atoms with Gasteiger partial charge < -0.3 is 24.3 Å². The summed E-state index contributed by atoms with van der Waals surface area (Å²) in [6, 6.07) is 5.96. The van der Waals surface area contributed by atoms with Crippen molar-refractivity contribution in [3.05, 3.63) is 46.3 Å². The van der Waals surface area contributed by atoms with Gasteiger partial charge in [0.05, 0.1) is 19.7 Å². The van der Waals surface area contributed by atoms with Crippen LogP contribution in [0.5, 0.6) is 5.88 Å². The minimum atomic E-state index is 0.492. The molecule has 2 aromatic heterocycles. The Morgan fingerprint density at radius 1 is 1.37 bits per heavy atom. The Morgan fingerprint density at radius 3 is 2.78 bits per heavy atom. The summed E-state index contributed by atoms with van der Waals surface area (Å²) in [5.41, 5.74) is 2.23. The average molecular weight is 438 g/mol. The zero-order valence-corrected chi connectivity index (χ0v) is 18.0. The quantitative estimate of drug-likeness (QED) is 0.371. The number of hydrogen-bond donors (Lipinski definition) is 1. The first-order valence-corrected chi connectivity index (χ1v) is 9.69. The van der Waals surface area contributed by atoms with Crippen molar-refractivity contribution in [1.29, 1.82) is 0 Å². The third kappa shape index (κ3) is 6.88. The first-order valence-electron chi connectivity index (χ1n) is 8.90. The van der Waals surface area contributed by atoms with Crippen LogP contribution in [-0.2, 0) is 24.9 Å². The van der Waals surface area contributed by atoms with Crippen molar-refractivity contribution in [2.45, 2.75) is 20.0 Å². The molecule has 0 amide bonds. The van der Waals surface area contributed by atoms with E-state index in [2.05, 4.69) is 54.9 Å². The van der Waals surface area contributed by atoms with Gasteiger partial charge in [-0.25, -0.2) is 9.98 Å². The molecule has 0 bridgehead atoms. The fraction of sp³-hybridized carbons (Fsp3) is 0.474. The minimum absolute atomic E-state index is 0.492. The summed E-state index contributed by atoms with van der Waals surface area (Å²) in [5.74, 6) is 1.45. The monoisotopic (exact) mass is 437 g/mol. The summed E-state index contributed by atoms with van der Waals surface area (Å²) in [4.78, 5) is 11.2. The van der Waals surface area contributed by atoms with Crippen molar-refractivity contribution in [3.63, 3.8) is 0 Å². The first-order chi connectivity index (χ1) is 13.0. The van der Waals surface area contributed by atoms with Crippen molar-refractivity contribution in [2.75, 3.05) is 33.9 Å². The molecule has 2 heterocycles. The van der Waals surface area contributed by atoms with E-state index in [0.717, 1.165) is 29.1 Å². The molecule has 0 aliphatic carbocycles. The normalized spacial score (nSPS) is 11.5. The highest BCUT2D eigenvalue weighted by molar-refractivity contribution is 9.10. The molecule has 0 unspecified atom stereocenters. The molecule has 2 rings (SSSR count). The second-order valence-electron chi connectivity index (χ2n) is 6.13. The SMILES string of the molecule is CCNC(=NCc1ccc(OCCOC)nc1)N(C)Cc1cc(Br)cn1C. The largest absolute Gasteiger partial charge is 0.475 e. The third-order valence-electron chi connectivity index (χ3n) is 3.92. The second-order valence-corrected chi connectivity index (χ2v) is 7.05. The molecule has 0 aliphatic rings. The van der Waals surface area contributed by atoms with E-state index < -0.39 is 0 Å². The smallest absolute Gasteiger partial charge is 0.213 e. The van der Waals surface area contributed by atoms with Gasteiger partial charge in [-0.05, 0) is 34.5 Å². The molecule has 2 aromatic rings. The van der Waals surface area contributed by atoms with Crippen LogP contribution in [0.25, 0.3) is 0 Å². The molecule has 148 valence electrons. The van der Waals surface area contributed by atoms with Gasteiger partial charge in [0, 0.05) is 56.4 Å². The van der Waals surface area contributed by atoms with Crippen LogP contribution in [-0.4, -0.2) is 54.3 Å². The molecule has 0 spiro atoms. The Labute approximate surface area is 169 Å². The van der Waals surface area contributed by atoms with Crippen LogP contribution in [0.3, 0.4) is 0 Å². The molecule has 0 aromatic carbocycles. The lowest BCUT2D eigenvalue weighted by atomic mass is 10.3. The summed E-state index contributed by atoms with van der Waals surface area (Å²) in [6.07, 6.45) is 3.85. The van der Waals surface area contributed by atoms with Gasteiger partial charge in [-0.15, -0.1) is 0 Å². The lowest BCUT2D eigenvalue weighted by molar-refractivity contribution is 0.143. The van der Waals surface area contributed by atoms with E-state index in [9.17, 15) is 0 Å². The zero-order chi connectivity index (χ0) is 19.6. The number of nitrogens with zero attached hydrogens (tertiary/aromatic N) is 4. The molecule has 0 saturated heterocycles. The fourth-order valence-electron chi connectivity index (χ4n) is 2.50. The van der Waals surface area contributed by atoms with E-state index in [4.69, 9.17) is 14.5 Å². The van der Waals surface area contributed by atoms with Gasteiger partial charge in [0.25, 0.3) is 0 Å². The van der Waals surface area contributed by atoms with Gasteiger partial charge in [-0.2, -0.15) is 0 Å². The van der Waals surface area contributed by atoms with Gasteiger partial charge >= 0.3 is 0 Å². The zero-order valence-electron chi connectivity index (χ0n) is 16.4. The molecule has 0 fully saturated rings. The van der Waals surface area contributed by atoms with Gasteiger partial charge in [-0.1, -0.05) is 6.07 Å². The standard InChI is InChI=1S/C19H28BrN5O2/c1-5-21-19(25(3)14-17-10-16(20)13-24(17)2)23-12-15-6-7-18(22-11-15)27-9-8-26-4/h6-7,10-11,13H,5,8-9,12,14H2,1-4H3,(H,21,23). The second kappa shape index (κ2) is 10.9. The lowest BCUT2D eigenvalue weighted by Crippen LogP contribution is -2.38. The summed E-state index contributed by atoms with van der Waals surface area (Å²) >= 11 is 3.52. The van der Waals surface area contributed by atoms with Crippen molar-refractivity contribution in [3.8, 4) is 5.88 Å². The van der Waals surface area contributed by atoms with Gasteiger partial charge in [0.15, 0.2) is 5.96 Å². The minimum Gasteiger partial charge on any atom is -0.475 e. The molecule has 8 heteroatoms. The molecule has 0 atom stereocenters. The number of rotatable bonds is 9. The molecular weight excluding hydrogens is 410 g/mol. The summed E-state index contributed by atoms with van der Waals surface area (Å²) in [6.45, 7) is 5.23. The van der Waals surface area contributed by atoms with E-state index in [1.54, 1.807) is 13.3 Å². The van der Waals surface area contributed by atoms with Crippen molar-refractivity contribution in [2.24, 2.45) is 12.0 Å². The highest BCUT2D eigenvalue weighted by Gasteiger charge is 2.09. The molecule has 1 N–H and O–H groups in total. The van der Waals surface area contributed by atoms with Gasteiger partial charge in [-0.3, -0.25) is 0 Å². The van der Waals surface area contributed by atoms with E-state index >= 15 is 0 Å². The number of pyridine rings is 1. The Morgan fingerprint density at radius 2 is 2.19 bits per heavy atom. The average Bonchev–Trinajstić information content (AvgIpc) is 2.97. The van der Waals surface area contributed by atoms with Crippen LogP contribution in [0, 0.1) is 0 Å². The molecule has 0 saturated carbocycles. The van der Waals surface area contributed by atoms with Gasteiger partial charge in [0.2, 0.25) is 5.88 Å². The molecule has 27 heavy (non-hydrogen) atoms. The van der Waals surface area contributed by atoms with Crippen LogP contribution < -0.4 is 10.1 Å². The summed E-state index contributed by atoms with van der Waals surface area (Å²) < 4.78 is 13.6. The lowest BCUT2D eigenvalue weighted by Gasteiger charge is -2.22. The van der Waals surface area contributed by atoms with E-state index in [-0.39, 0.29) is 0 Å². The Balaban J connectivity index is 1.98. The number of methoxy groups -OCH3 is 1. The first kappa shape index (κ1) is 21.2. The molecule has 0 radical (unpaired) electrons. The van der Waals surface area contributed by atoms with E-state index in [1.165, 1.54) is 5.69 Å². The number of aliphatic imine (C=N–C) groups is 1. The van der Waals surface area contributed by atoms with Crippen LogP contribution in [0.4, 0.5) is 0 Å². The number of hydrogen-bond acceptors (Lipinski definition) is 4. The maximum absolute atomic E-state index is 5.48. The highest BCUT2D eigenvalue weighted by atomic mass is 79.9. The number of aryl methyl sites for hydroxylation is 1. The van der Waals surface area contributed by atoms with Crippen LogP contribution in [0.2, 0.25) is 0 Å².